The second kappa shape index (κ2) is 7.33. The molecule has 108 valence electrons. The van der Waals surface area contributed by atoms with Gasteiger partial charge in [0.25, 0.3) is 5.91 Å². The van der Waals surface area contributed by atoms with E-state index in [1.165, 1.54) is 11.3 Å². The van der Waals surface area contributed by atoms with Crippen LogP contribution in [0.15, 0.2) is 0 Å². The van der Waals surface area contributed by atoms with Gasteiger partial charge >= 0.3 is 0 Å². The molecular formula is C13H24N4OS. The zero-order chi connectivity index (χ0) is 14.4. The molecule has 0 aromatic carbocycles. The lowest BCUT2D eigenvalue weighted by molar-refractivity contribution is 0.0761. The van der Waals surface area contributed by atoms with E-state index in [2.05, 4.69) is 24.1 Å². The first-order chi connectivity index (χ1) is 8.99. The van der Waals surface area contributed by atoms with Gasteiger partial charge in [0, 0.05) is 19.1 Å². The molecule has 0 unspecified atom stereocenters. The normalized spacial score (nSPS) is 10.8. The molecule has 3 N–H and O–H groups in total. The van der Waals surface area contributed by atoms with Crippen LogP contribution in [0, 0.1) is 0 Å². The summed E-state index contributed by atoms with van der Waals surface area (Å²) >= 11 is 1.34. The third kappa shape index (κ3) is 4.38. The Kier molecular flexibility index (Phi) is 6.08. The molecular weight excluding hydrogens is 260 g/mol. The zero-order valence-corrected chi connectivity index (χ0v) is 13.0. The quantitative estimate of drug-likeness (QED) is 0.807. The van der Waals surface area contributed by atoms with Gasteiger partial charge in [0.15, 0.2) is 5.13 Å². The highest BCUT2D eigenvalue weighted by molar-refractivity contribution is 7.18. The Morgan fingerprint density at radius 1 is 1.37 bits per heavy atom. The van der Waals surface area contributed by atoms with Gasteiger partial charge in [0.2, 0.25) is 0 Å². The lowest BCUT2D eigenvalue weighted by atomic mass is 10.3. The van der Waals surface area contributed by atoms with Crippen molar-refractivity contribution in [2.24, 2.45) is 0 Å². The minimum atomic E-state index is -0.00416. The fraction of sp³-hybridized carbons (Fsp3) is 0.692. The molecule has 0 aliphatic heterocycles. The summed E-state index contributed by atoms with van der Waals surface area (Å²) in [6, 6.07) is 0.274. The minimum Gasteiger partial charge on any atom is -0.382 e. The molecule has 1 rings (SSSR count). The Bertz CT molecular complexity index is 411. The van der Waals surface area contributed by atoms with Crippen molar-refractivity contribution >= 4 is 28.2 Å². The molecule has 0 saturated heterocycles. The number of nitrogen functional groups attached to an aromatic ring is 1. The maximum absolute atomic E-state index is 12.4. The summed E-state index contributed by atoms with van der Waals surface area (Å²) in [4.78, 5) is 19.0. The molecule has 5 nitrogen and oxygen atoms in total. The van der Waals surface area contributed by atoms with E-state index in [0.717, 1.165) is 25.9 Å². The van der Waals surface area contributed by atoms with Crippen molar-refractivity contribution < 1.29 is 4.79 Å². The summed E-state index contributed by atoms with van der Waals surface area (Å²) < 4.78 is 0. The lowest BCUT2D eigenvalue weighted by Gasteiger charge is -2.20. The van der Waals surface area contributed by atoms with E-state index in [9.17, 15) is 4.79 Å². The van der Waals surface area contributed by atoms with Gasteiger partial charge in [-0.25, -0.2) is 4.98 Å². The molecule has 0 spiro atoms. The van der Waals surface area contributed by atoms with E-state index in [-0.39, 0.29) is 11.9 Å². The summed E-state index contributed by atoms with van der Waals surface area (Å²) in [5.74, 6) is 0.325. The third-order valence-electron chi connectivity index (χ3n) is 2.53. The standard InChI is InChI=1S/C13H24N4OS/c1-5-7-17(8-6-2)12(18)10-11(14)16-13(19-10)15-9(3)4/h9H,5-8,14H2,1-4H3,(H,15,16). The number of carbonyl (C=O) groups excluding carboxylic acids is 1. The molecule has 6 heteroatoms. The van der Waals surface area contributed by atoms with Crippen LogP contribution in [0.5, 0.6) is 0 Å². The molecule has 0 atom stereocenters. The van der Waals surface area contributed by atoms with Crippen molar-refractivity contribution in [1.29, 1.82) is 0 Å². The number of nitrogens with zero attached hydrogens (tertiary/aromatic N) is 2. The average molecular weight is 284 g/mol. The van der Waals surface area contributed by atoms with E-state index < -0.39 is 0 Å². The SMILES string of the molecule is CCCN(CCC)C(=O)c1sc(NC(C)C)nc1N. The highest BCUT2D eigenvalue weighted by atomic mass is 32.1. The van der Waals surface area contributed by atoms with Gasteiger partial charge in [-0.1, -0.05) is 25.2 Å². The van der Waals surface area contributed by atoms with Crippen LogP contribution in [0.25, 0.3) is 0 Å². The topological polar surface area (TPSA) is 71.2 Å². The van der Waals surface area contributed by atoms with Gasteiger partial charge in [0.05, 0.1) is 0 Å². The van der Waals surface area contributed by atoms with Crippen molar-refractivity contribution in [3.05, 3.63) is 4.88 Å². The van der Waals surface area contributed by atoms with Crippen LogP contribution in [0.4, 0.5) is 10.9 Å². The van der Waals surface area contributed by atoms with Crippen LogP contribution in [-0.2, 0) is 0 Å². The second-order valence-corrected chi connectivity index (χ2v) is 5.82. The number of thiazole rings is 1. The predicted octanol–water partition coefficient (Wildman–Crippen LogP) is 2.81. The first-order valence-corrected chi connectivity index (χ1v) is 7.63. The number of nitrogens with one attached hydrogen (secondary N) is 1. The van der Waals surface area contributed by atoms with Crippen molar-refractivity contribution in [2.75, 3.05) is 24.1 Å². The van der Waals surface area contributed by atoms with Crippen molar-refractivity contribution in [1.82, 2.24) is 9.88 Å². The van der Waals surface area contributed by atoms with Crippen LogP contribution < -0.4 is 11.1 Å². The number of amides is 1. The first kappa shape index (κ1) is 15.8. The van der Waals surface area contributed by atoms with Gasteiger partial charge in [0.1, 0.15) is 10.7 Å². The average Bonchev–Trinajstić information content (AvgIpc) is 2.68. The van der Waals surface area contributed by atoms with E-state index in [4.69, 9.17) is 5.73 Å². The van der Waals surface area contributed by atoms with Crippen molar-refractivity contribution in [3.63, 3.8) is 0 Å². The Balaban J connectivity index is 2.87. The number of carbonyl (C=O) groups is 1. The molecule has 1 heterocycles. The predicted molar refractivity (Wildman–Crippen MR) is 81.8 cm³/mol. The van der Waals surface area contributed by atoms with Crippen molar-refractivity contribution in [3.8, 4) is 0 Å². The Hall–Kier alpha value is -1.30. The number of anilines is 2. The number of nitrogens with two attached hydrogens (primary N) is 1. The summed E-state index contributed by atoms with van der Waals surface area (Å²) in [5, 5.41) is 3.89. The Labute approximate surface area is 119 Å². The summed E-state index contributed by atoms with van der Waals surface area (Å²) in [6.45, 7) is 9.71. The van der Waals surface area contributed by atoms with E-state index >= 15 is 0 Å². The molecule has 1 amide bonds. The lowest BCUT2D eigenvalue weighted by Crippen LogP contribution is -2.32. The Morgan fingerprint density at radius 3 is 2.42 bits per heavy atom. The molecule has 0 bridgehead atoms. The molecule has 1 aromatic rings. The first-order valence-electron chi connectivity index (χ1n) is 6.81. The highest BCUT2D eigenvalue weighted by Gasteiger charge is 2.21. The minimum absolute atomic E-state index is 0.00416. The summed E-state index contributed by atoms with van der Waals surface area (Å²) in [5.41, 5.74) is 5.86. The van der Waals surface area contributed by atoms with Crippen LogP contribution in [0.1, 0.15) is 50.2 Å². The number of aromatic nitrogens is 1. The molecule has 19 heavy (non-hydrogen) atoms. The molecule has 1 aromatic heterocycles. The smallest absolute Gasteiger partial charge is 0.267 e. The maximum Gasteiger partial charge on any atom is 0.267 e. The van der Waals surface area contributed by atoms with E-state index in [0.29, 0.717) is 15.8 Å². The fourth-order valence-electron chi connectivity index (χ4n) is 1.79. The monoisotopic (exact) mass is 284 g/mol. The van der Waals surface area contributed by atoms with Gasteiger partial charge in [-0.3, -0.25) is 4.79 Å². The highest BCUT2D eigenvalue weighted by Crippen LogP contribution is 2.27. The molecule has 0 radical (unpaired) electrons. The maximum atomic E-state index is 12.4. The third-order valence-corrected chi connectivity index (χ3v) is 3.52. The summed E-state index contributed by atoms with van der Waals surface area (Å²) in [6.07, 6.45) is 1.89. The van der Waals surface area contributed by atoms with E-state index in [1.54, 1.807) is 0 Å². The molecule has 0 saturated carbocycles. The van der Waals surface area contributed by atoms with E-state index in [1.807, 2.05) is 18.7 Å². The molecule has 0 aliphatic rings. The van der Waals surface area contributed by atoms with Gasteiger partial charge < -0.3 is 16.0 Å². The van der Waals surface area contributed by atoms with Crippen LogP contribution >= 0.6 is 11.3 Å². The fourth-order valence-corrected chi connectivity index (χ4v) is 2.79. The largest absolute Gasteiger partial charge is 0.382 e. The van der Waals surface area contributed by atoms with Crippen LogP contribution in [0.3, 0.4) is 0 Å². The Morgan fingerprint density at radius 2 is 1.95 bits per heavy atom. The van der Waals surface area contributed by atoms with Gasteiger partial charge in [-0.2, -0.15) is 0 Å². The number of rotatable bonds is 7. The number of hydrogen-bond acceptors (Lipinski definition) is 5. The molecule has 0 fully saturated rings. The van der Waals surface area contributed by atoms with Crippen LogP contribution in [0.2, 0.25) is 0 Å². The van der Waals surface area contributed by atoms with Crippen molar-refractivity contribution in [2.45, 2.75) is 46.6 Å². The summed E-state index contributed by atoms with van der Waals surface area (Å²) in [7, 11) is 0. The number of hydrogen-bond donors (Lipinski definition) is 2. The van der Waals surface area contributed by atoms with Crippen LogP contribution in [-0.4, -0.2) is 34.9 Å². The molecule has 0 aliphatic carbocycles. The second-order valence-electron chi connectivity index (χ2n) is 4.82. The van der Waals surface area contributed by atoms with Gasteiger partial charge in [-0.05, 0) is 26.7 Å². The van der Waals surface area contributed by atoms with Gasteiger partial charge in [-0.15, -0.1) is 0 Å². The zero-order valence-electron chi connectivity index (χ0n) is 12.2.